The standard InChI is InChI=1S/C19H23N5O2/c1-13-7-9-24(10-8-13)18(26)15-11-20-19(21-12-15)23-17-5-3-16(4-6-17)22-14(2)25/h3-6,11-13H,7-10H2,1-2H3,(H,22,25)(H,20,21,23). The molecular formula is C19H23N5O2. The van der Waals surface area contributed by atoms with Crippen molar-refractivity contribution in [3.05, 3.63) is 42.2 Å². The minimum atomic E-state index is -0.113. The topological polar surface area (TPSA) is 87.2 Å². The van der Waals surface area contributed by atoms with Crippen LogP contribution in [-0.2, 0) is 4.79 Å². The van der Waals surface area contributed by atoms with Gasteiger partial charge in [0.05, 0.1) is 5.56 Å². The van der Waals surface area contributed by atoms with E-state index in [1.165, 1.54) is 6.92 Å². The molecule has 136 valence electrons. The first-order valence-electron chi connectivity index (χ1n) is 8.77. The van der Waals surface area contributed by atoms with Gasteiger partial charge >= 0.3 is 0 Å². The number of hydrogen-bond acceptors (Lipinski definition) is 5. The van der Waals surface area contributed by atoms with Crippen molar-refractivity contribution in [3.63, 3.8) is 0 Å². The molecule has 0 saturated carbocycles. The van der Waals surface area contributed by atoms with Gasteiger partial charge in [-0.15, -0.1) is 0 Å². The second-order valence-corrected chi connectivity index (χ2v) is 6.65. The van der Waals surface area contributed by atoms with Crippen molar-refractivity contribution in [1.82, 2.24) is 14.9 Å². The highest BCUT2D eigenvalue weighted by atomic mass is 16.2. The molecule has 1 saturated heterocycles. The predicted molar refractivity (Wildman–Crippen MR) is 100 cm³/mol. The molecule has 0 unspecified atom stereocenters. The Balaban J connectivity index is 1.60. The Morgan fingerprint density at radius 2 is 1.62 bits per heavy atom. The molecule has 2 heterocycles. The van der Waals surface area contributed by atoms with E-state index in [9.17, 15) is 9.59 Å². The number of anilines is 3. The lowest BCUT2D eigenvalue weighted by atomic mass is 9.99. The first-order valence-corrected chi connectivity index (χ1v) is 8.77. The number of hydrogen-bond donors (Lipinski definition) is 2. The summed E-state index contributed by atoms with van der Waals surface area (Å²) in [6.45, 7) is 5.27. The van der Waals surface area contributed by atoms with Crippen LogP contribution >= 0.6 is 0 Å². The lowest BCUT2D eigenvalue weighted by Gasteiger charge is -2.30. The second-order valence-electron chi connectivity index (χ2n) is 6.65. The summed E-state index contributed by atoms with van der Waals surface area (Å²) in [4.78, 5) is 33.9. The minimum Gasteiger partial charge on any atom is -0.339 e. The van der Waals surface area contributed by atoms with E-state index in [-0.39, 0.29) is 11.8 Å². The summed E-state index contributed by atoms with van der Waals surface area (Å²) >= 11 is 0. The number of carbonyl (C=O) groups excluding carboxylic acids is 2. The van der Waals surface area contributed by atoms with Crippen LogP contribution in [0.15, 0.2) is 36.7 Å². The number of likely N-dealkylation sites (tertiary alicyclic amines) is 1. The molecule has 1 aliphatic heterocycles. The lowest BCUT2D eigenvalue weighted by Crippen LogP contribution is -2.38. The van der Waals surface area contributed by atoms with Gasteiger partial charge in [-0.25, -0.2) is 9.97 Å². The van der Waals surface area contributed by atoms with Gasteiger partial charge in [0.1, 0.15) is 0 Å². The molecule has 0 spiro atoms. The van der Waals surface area contributed by atoms with Crippen molar-refractivity contribution in [2.75, 3.05) is 23.7 Å². The summed E-state index contributed by atoms with van der Waals surface area (Å²) in [5.41, 5.74) is 2.02. The second kappa shape index (κ2) is 7.95. The number of nitrogens with zero attached hydrogens (tertiary/aromatic N) is 3. The molecule has 2 aromatic rings. The monoisotopic (exact) mass is 353 g/mol. The van der Waals surface area contributed by atoms with Crippen LogP contribution in [-0.4, -0.2) is 39.8 Å². The minimum absolute atomic E-state index is 0.0110. The van der Waals surface area contributed by atoms with E-state index >= 15 is 0 Å². The number of nitrogens with one attached hydrogen (secondary N) is 2. The zero-order valence-electron chi connectivity index (χ0n) is 15.0. The van der Waals surface area contributed by atoms with Gasteiger partial charge in [-0.2, -0.15) is 0 Å². The van der Waals surface area contributed by atoms with Crippen molar-refractivity contribution >= 4 is 29.1 Å². The predicted octanol–water partition coefficient (Wildman–Crippen LogP) is 3.05. The summed E-state index contributed by atoms with van der Waals surface area (Å²) in [5.74, 6) is 0.973. The molecule has 0 atom stereocenters. The van der Waals surface area contributed by atoms with Crippen LogP contribution in [0.2, 0.25) is 0 Å². The highest BCUT2D eigenvalue weighted by Gasteiger charge is 2.21. The van der Waals surface area contributed by atoms with Crippen molar-refractivity contribution < 1.29 is 9.59 Å². The molecule has 1 aromatic carbocycles. The van der Waals surface area contributed by atoms with Gasteiger partial charge in [0.2, 0.25) is 11.9 Å². The molecular weight excluding hydrogens is 330 g/mol. The fourth-order valence-corrected chi connectivity index (χ4v) is 2.87. The molecule has 7 heteroatoms. The number of benzene rings is 1. The van der Waals surface area contributed by atoms with E-state index < -0.39 is 0 Å². The fraction of sp³-hybridized carbons (Fsp3) is 0.368. The van der Waals surface area contributed by atoms with Crippen molar-refractivity contribution in [1.29, 1.82) is 0 Å². The number of rotatable bonds is 4. The number of piperidine rings is 1. The summed E-state index contributed by atoms with van der Waals surface area (Å²) in [6, 6.07) is 7.23. The molecule has 1 fully saturated rings. The van der Waals surface area contributed by atoms with Gasteiger partial charge in [-0.3, -0.25) is 9.59 Å². The highest BCUT2D eigenvalue weighted by Crippen LogP contribution is 2.19. The van der Waals surface area contributed by atoms with E-state index in [0.717, 1.165) is 37.3 Å². The maximum Gasteiger partial charge on any atom is 0.256 e. The molecule has 2 N–H and O–H groups in total. The number of amides is 2. The van der Waals surface area contributed by atoms with E-state index in [4.69, 9.17) is 0 Å². The van der Waals surface area contributed by atoms with Gasteiger partial charge in [0.25, 0.3) is 5.91 Å². The van der Waals surface area contributed by atoms with Crippen molar-refractivity contribution in [2.24, 2.45) is 5.92 Å². The summed E-state index contributed by atoms with van der Waals surface area (Å²) in [7, 11) is 0. The van der Waals surface area contributed by atoms with Gasteiger partial charge in [-0.05, 0) is 43.0 Å². The van der Waals surface area contributed by atoms with Crippen LogP contribution in [0.5, 0.6) is 0 Å². The molecule has 2 amide bonds. The van der Waals surface area contributed by atoms with Crippen LogP contribution < -0.4 is 10.6 Å². The van der Waals surface area contributed by atoms with Crippen LogP contribution in [0, 0.1) is 5.92 Å². The highest BCUT2D eigenvalue weighted by molar-refractivity contribution is 5.93. The molecule has 3 rings (SSSR count). The molecule has 7 nitrogen and oxygen atoms in total. The Morgan fingerprint density at radius 1 is 1.04 bits per heavy atom. The first kappa shape index (κ1) is 17.8. The smallest absolute Gasteiger partial charge is 0.256 e. The van der Waals surface area contributed by atoms with Gasteiger partial charge in [0.15, 0.2) is 0 Å². The van der Waals surface area contributed by atoms with E-state index in [1.807, 2.05) is 17.0 Å². The Bertz CT molecular complexity index is 766. The fourth-order valence-electron chi connectivity index (χ4n) is 2.87. The Morgan fingerprint density at radius 3 is 2.19 bits per heavy atom. The normalized spacial score (nSPS) is 14.8. The first-order chi connectivity index (χ1) is 12.5. The van der Waals surface area contributed by atoms with E-state index in [1.54, 1.807) is 24.5 Å². The third-order valence-electron chi connectivity index (χ3n) is 4.43. The van der Waals surface area contributed by atoms with Crippen LogP contribution in [0.4, 0.5) is 17.3 Å². The van der Waals surface area contributed by atoms with Crippen LogP contribution in [0.25, 0.3) is 0 Å². The van der Waals surface area contributed by atoms with E-state index in [2.05, 4.69) is 27.5 Å². The molecule has 1 aromatic heterocycles. The average molecular weight is 353 g/mol. The van der Waals surface area contributed by atoms with Gasteiger partial charge in [-0.1, -0.05) is 6.92 Å². The Kier molecular flexibility index (Phi) is 5.46. The number of carbonyl (C=O) groups is 2. The molecule has 26 heavy (non-hydrogen) atoms. The summed E-state index contributed by atoms with van der Waals surface area (Å²) in [5, 5.41) is 5.79. The largest absolute Gasteiger partial charge is 0.339 e. The maximum atomic E-state index is 12.5. The molecule has 1 aliphatic rings. The average Bonchev–Trinajstić information content (AvgIpc) is 2.64. The van der Waals surface area contributed by atoms with E-state index in [0.29, 0.717) is 17.4 Å². The molecule has 0 aliphatic carbocycles. The third kappa shape index (κ3) is 4.56. The number of aromatic nitrogens is 2. The summed E-state index contributed by atoms with van der Waals surface area (Å²) in [6.07, 6.45) is 5.20. The summed E-state index contributed by atoms with van der Waals surface area (Å²) < 4.78 is 0. The van der Waals surface area contributed by atoms with Crippen molar-refractivity contribution in [2.45, 2.75) is 26.7 Å². The van der Waals surface area contributed by atoms with Crippen LogP contribution in [0.1, 0.15) is 37.0 Å². The maximum absolute atomic E-state index is 12.5. The van der Waals surface area contributed by atoms with Gasteiger partial charge < -0.3 is 15.5 Å². The van der Waals surface area contributed by atoms with Gasteiger partial charge in [0, 0.05) is 43.8 Å². The molecule has 0 bridgehead atoms. The molecule has 0 radical (unpaired) electrons. The SMILES string of the molecule is CC(=O)Nc1ccc(Nc2ncc(C(=O)N3CCC(C)CC3)cn2)cc1. The third-order valence-corrected chi connectivity index (χ3v) is 4.43. The Labute approximate surface area is 152 Å². The quantitative estimate of drug-likeness (QED) is 0.882. The Hall–Kier alpha value is -2.96. The zero-order valence-corrected chi connectivity index (χ0v) is 15.0. The van der Waals surface area contributed by atoms with Crippen LogP contribution in [0.3, 0.4) is 0 Å². The zero-order chi connectivity index (χ0) is 18.5. The van der Waals surface area contributed by atoms with Crippen molar-refractivity contribution in [3.8, 4) is 0 Å². The lowest BCUT2D eigenvalue weighted by molar-refractivity contribution is -0.114.